The second kappa shape index (κ2) is 8.17. The van der Waals surface area contributed by atoms with Gasteiger partial charge in [-0.1, -0.05) is 26.2 Å². The first-order chi connectivity index (χ1) is 6.61. The van der Waals surface area contributed by atoms with Crippen LogP contribution in [-0.2, 0) is 0 Å². The van der Waals surface area contributed by atoms with Crippen molar-refractivity contribution in [1.82, 2.24) is 0 Å². The van der Waals surface area contributed by atoms with Crippen molar-refractivity contribution in [3.8, 4) is 0 Å². The van der Waals surface area contributed by atoms with Gasteiger partial charge in [-0.25, -0.2) is 0 Å². The van der Waals surface area contributed by atoms with Gasteiger partial charge in [0.2, 0.25) is 0 Å². The highest BCUT2D eigenvalue weighted by molar-refractivity contribution is 4.71. The number of aliphatic hydroxyl groups is 3. The maximum absolute atomic E-state index is 9.49. The summed E-state index contributed by atoms with van der Waals surface area (Å²) < 4.78 is 0. The first-order valence-corrected chi connectivity index (χ1v) is 5.36. The van der Waals surface area contributed by atoms with Gasteiger partial charge in [0.15, 0.2) is 0 Å². The minimum atomic E-state index is -0.856. The van der Waals surface area contributed by atoms with Crippen LogP contribution in [0.1, 0.15) is 39.0 Å². The van der Waals surface area contributed by atoms with Gasteiger partial charge in [-0.2, -0.15) is 0 Å². The fourth-order valence-corrected chi connectivity index (χ4v) is 1.33. The Morgan fingerprint density at radius 1 is 1.07 bits per heavy atom. The van der Waals surface area contributed by atoms with Crippen molar-refractivity contribution < 1.29 is 15.3 Å². The second-order valence-electron chi connectivity index (χ2n) is 3.76. The van der Waals surface area contributed by atoms with Crippen LogP contribution in [-0.4, -0.2) is 40.2 Å². The lowest BCUT2D eigenvalue weighted by atomic mass is 10.0. The van der Waals surface area contributed by atoms with Gasteiger partial charge in [0.05, 0.1) is 18.3 Å². The molecule has 0 radical (unpaired) electrons. The number of hydrogen-bond acceptors (Lipinski definition) is 4. The van der Waals surface area contributed by atoms with E-state index < -0.39 is 18.3 Å². The van der Waals surface area contributed by atoms with E-state index in [2.05, 4.69) is 6.92 Å². The third kappa shape index (κ3) is 6.32. The number of hydrogen-bond donors (Lipinski definition) is 4. The molecule has 0 heterocycles. The Kier molecular flexibility index (Phi) is 8.08. The molecule has 0 aromatic carbocycles. The van der Waals surface area contributed by atoms with Crippen LogP contribution in [0.15, 0.2) is 0 Å². The van der Waals surface area contributed by atoms with Crippen molar-refractivity contribution in [2.45, 2.75) is 57.3 Å². The van der Waals surface area contributed by atoms with Gasteiger partial charge in [0.1, 0.15) is 0 Å². The van der Waals surface area contributed by atoms with Gasteiger partial charge in [-0.15, -0.1) is 0 Å². The van der Waals surface area contributed by atoms with Gasteiger partial charge >= 0.3 is 0 Å². The monoisotopic (exact) mass is 205 g/mol. The third-order valence-electron chi connectivity index (χ3n) is 2.33. The van der Waals surface area contributed by atoms with Crippen LogP contribution in [0.4, 0.5) is 0 Å². The zero-order valence-electron chi connectivity index (χ0n) is 8.89. The van der Waals surface area contributed by atoms with Crippen molar-refractivity contribution in [2.24, 2.45) is 5.73 Å². The van der Waals surface area contributed by atoms with Crippen LogP contribution in [0.3, 0.4) is 0 Å². The molecule has 0 saturated carbocycles. The van der Waals surface area contributed by atoms with Crippen LogP contribution in [0.5, 0.6) is 0 Å². The van der Waals surface area contributed by atoms with E-state index in [1.807, 2.05) is 0 Å². The minimum absolute atomic E-state index is 0.124. The molecule has 0 aromatic heterocycles. The Balaban J connectivity index is 3.58. The van der Waals surface area contributed by atoms with Gasteiger partial charge in [-0.3, -0.25) is 0 Å². The number of aliphatic hydroxyl groups excluding tert-OH is 3. The molecule has 0 amide bonds. The summed E-state index contributed by atoms with van der Waals surface area (Å²) in [6, 6.07) is 0. The van der Waals surface area contributed by atoms with Crippen molar-refractivity contribution in [1.29, 1.82) is 0 Å². The van der Waals surface area contributed by atoms with E-state index in [1.54, 1.807) is 0 Å². The van der Waals surface area contributed by atoms with E-state index in [0.29, 0.717) is 6.42 Å². The molecule has 14 heavy (non-hydrogen) atoms. The summed E-state index contributed by atoms with van der Waals surface area (Å²) in [6.07, 6.45) is 1.50. The van der Waals surface area contributed by atoms with Crippen molar-refractivity contribution >= 4 is 0 Å². The molecule has 5 N–H and O–H groups in total. The predicted octanol–water partition coefficient (Wildman–Crippen LogP) is -0.00180. The van der Waals surface area contributed by atoms with Crippen LogP contribution < -0.4 is 5.73 Å². The highest BCUT2D eigenvalue weighted by Gasteiger charge is 2.18. The third-order valence-corrected chi connectivity index (χ3v) is 2.33. The Morgan fingerprint density at radius 3 is 2.21 bits per heavy atom. The number of nitrogens with two attached hydrogens (primary N) is 1. The number of unbranched alkanes of at least 4 members (excludes halogenated alkanes) is 2. The largest absolute Gasteiger partial charge is 0.392 e. The normalized spacial score (nSPS) is 17.8. The summed E-state index contributed by atoms with van der Waals surface area (Å²) in [5.74, 6) is 0. The Labute approximate surface area is 85.7 Å². The summed E-state index contributed by atoms with van der Waals surface area (Å²) in [4.78, 5) is 0. The quantitative estimate of drug-likeness (QED) is 0.420. The van der Waals surface area contributed by atoms with Gasteiger partial charge in [0.25, 0.3) is 0 Å². The second-order valence-corrected chi connectivity index (χ2v) is 3.76. The molecule has 4 nitrogen and oxygen atoms in total. The molecule has 0 fully saturated rings. The molecule has 0 bridgehead atoms. The minimum Gasteiger partial charge on any atom is -0.392 e. The molecule has 0 aliphatic carbocycles. The first kappa shape index (κ1) is 13.8. The lowest BCUT2D eigenvalue weighted by Crippen LogP contribution is -2.33. The smallest absolute Gasteiger partial charge is 0.0824 e. The zero-order chi connectivity index (χ0) is 11.0. The van der Waals surface area contributed by atoms with Crippen LogP contribution in [0.25, 0.3) is 0 Å². The van der Waals surface area contributed by atoms with E-state index in [0.717, 1.165) is 19.3 Å². The first-order valence-electron chi connectivity index (χ1n) is 5.36. The predicted molar refractivity (Wildman–Crippen MR) is 55.8 cm³/mol. The molecule has 0 unspecified atom stereocenters. The summed E-state index contributed by atoms with van der Waals surface area (Å²) in [5, 5.41) is 28.1. The number of rotatable bonds is 8. The average molecular weight is 205 g/mol. The molecular formula is C10H23NO3. The molecule has 0 aliphatic rings. The van der Waals surface area contributed by atoms with E-state index >= 15 is 0 Å². The van der Waals surface area contributed by atoms with Crippen molar-refractivity contribution in [2.75, 3.05) is 6.54 Å². The molecule has 0 spiro atoms. The molecule has 0 saturated heterocycles. The van der Waals surface area contributed by atoms with Crippen LogP contribution in [0, 0.1) is 0 Å². The van der Waals surface area contributed by atoms with Crippen molar-refractivity contribution in [3.63, 3.8) is 0 Å². The van der Waals surface area contributed by atoms with Gasteiger partial charge in [0, 0.05) is 13.0 Å². The van der Waals surface area contributed by atoms with Crippen LogP contribution in [0.2, 0.25) is 0 Å². The highest BCUT2D eigenvalue weighted by Crippen LogP contribution is 2.10. The highest BCUT2D eigenvalue weighted by atomic mass is 16.3. The van der Waals surface area contributed by atoms with Crippen molar-refractivity contribution in [3.05, 3.63) is 0 Å². The van der Waals surface area contributed by atoms with E-state index in [4.69, 9.17) is 10.8 Å². The summed E-state index contributed by atoms with van der Waals surface area (Å²) in [5.41, 5.74) is 5.20. The van der Waals surface area contributed by atoms with Gasteiger partial charge in [-0.05, 0) is 6.42 Å². The Morgan fingerprint density at radius 2 is 1.71 bits per heavy atom. The maximum Gasteiger partial charge on any atom is 0.0824 e. The lowest BCUT2D eigenvalue weighted by molar-refractivity contribution is -0.0148. The standard InChI is InChI=1S/C10H23NO3/c1-2-3-4-5-9(13)10(14)6-8(12)7-11/h8-10,12-14H,2-7,11H2,1H3/t8-,9+,10-/m0/s1. The van der Waals surface area contributed by atoms with E-state index in [9.17, 15) is 10.2 Å². The molecule has 4 heteroatoms. The SMILES string of the molecule is CCCCC[C@@H](O)[C@@H](O)C[C@H](O)CN. The maximum atomic E-state index is 9.49. The average Bonchev–Trinajstić information content (AvgIpc) is 2.17. The van der Waals surface area contributed by atoms with E-state index in [-0.39, 0.29) is 13.0 Å². The zero-order valence-corrected chi connectivity index (χ0v) is 8.89. The molecule has 86 valence electrons. The Bertz CT molecular complexity index is 133. The molecule has 3 atom stereocenters. The Hall–Kier alpha value is -0.160. The van der Waals surface area contributed by atoms with E-state index in [1.165, 1.54) is 0 Å². The molecule has 0 rings (SSSR count). The topological polar surface area (TPSA) is 86.7 Å². The van der Waals surface area contributed by atoms with Gasteiger partial charge < -0.3 is 21.1 Å². The van der Waals surface area contributed by atoms with Crippen LogP contribution >= 0.6 is 0 Å². The fourth-order valence-electron chi connectivity index (χ4n) is 1.33. The molecule has 0 aromatic rings. The fraction of sp³-hybridized carbons (Fsp3) is 1.00. The lowest BCUT2D eigenvalue weighted by Gasteiger charge is -2.19. The summed E-state index contributed by atoms with van der Waals surface area (Å²) in [7, 11) is 0. The summed E-state index contributed by atoms with van der Waals surface area (Å²) >= 11 is 0. The summed E-state index contributed by atoms with van der Waals surface area (Å²) in [6.45, 7) is 2.21. The molecular weight excluding hydrogens is 182 g/mol. The molecule has 0 aliphatic heterocycles.